The lowest BCUT2D eigenvalue weighted by Crippen LogP contribution is -2.43. The van der Waals surface area contributed by atoms with Crippen molar-refractivity contribution < 1.29 is 24.4 Å². The van der Waals surface area contributed by atoms with Gasteiger partial charge in [0.05, 0.1) is 9.95 Å². The van der Waals surface area contributed by atoms with Gasteiger partial charge in [-0.2, -0.15) is 11.8 Å². The second-order valence-corrected chi connectivity index (χ2v) is 5.79. The molecule has 1 atom stereocenters. The Morgan fingerprint density at radius 1 is 1.52 bits per heavy atom. The van der Waals surface area contributed by atoms with E-state index in [0.717, 1.165) is 6.07 Å². The number of carbonyl (C=O) groups is 2. The number of hydrogen-bond donors (Lipinski definition) is 2. The van der Waals surface area contributed by atoms with Crippen LogP contribution in [0.3, 0.4) is 0 Å². The van der Waals surface area contributed by atoms with Gasteiger partial charge in [0.15, 0.2) is 6.61 Å². The van der Waals surface area contributed by atoms with Crippen LogP contribution in [0.1, 0.15) is 6.42 Å². The summed E-state index contributed by atoms with van der Waals surface area (Å²) in [6.07, 6.45) is 2.13. The van der Waals surface area contributed by atoms with Crippen LogP contribution in [-0.4, -0.2) is 46.6 Å². The fourth-order valence-corrected chi connectivity index (χ4v) is 2.29. The molecule has 2 N–H and O–H groups in total. The van der Waals surface area contributed by atoms with Gasteiger partial charge in [0.1, 0.15) is 11.8 Å². The van der Waals surface area contributed by atoms with E-state index < -0.39 is 29.4 Å². The summed E-state index contributed by atoms with van der Waals surface area (Å²) in [5, 5.41) is 21.9. The number of aliphatic carboxylic acids is 1. The van der Waals surface area contributed by atoms with Crippen LogP contribution in [0.5, 0.6) is 5.75 Å². The molecule has 0 aliphatic heterocycles. The number of carboxylic acids is 1. The van der Waals surface area contributed by atoms with Gasteiger partial charge in [0, 0.05) is 12.1 Å². The van der Waals surface area contributed by atoms with Crippen LogP contribution in [-0.2, 0) is 9.59 Å². The number of rotatable bonds is 9. The summed E-state index contributed by atoms with van der Waals surface area (Å²) < 4.78 is 5.15. The molecule has 0 spiro atoms. The molecule has 1 rings (SSSR count). The fourth-order valence-electron chi connectivity index (χ4n) is 1.59. The zero-order chi connectivity index (χ0) is 17.4. The molecule has 126 valence electrons. The van der Waals surface area contributed by atoms with Crippen molar-refractivity contribution in [2.75, 3.05) is 18.6 Å². The summed E-state index contributed by atoms with van der Waals surface area (Å²) in [5.41, 5.74) is -0.199. The predicted octanol–water partition coefficient (Wildman–Crippen LogP) is 1.95. The number of nitro benzene ring substituents is 1. The lowest BCUT2D eigenvalue weighted by molar-refractivity contribution is -0.384. The SMILES string of the molecule is CSCCC(NC(=O)COc1ccc([N+](=O)[O-])cc1Cl)C(=O)O. The Hall–Kier alpha value is -2.00. The van der Waals surface area contributed by atoms with Crippen molar-refractivity contribution >= 4 is 40.9 Å². The van der Waals surface area contributed by atoms with E-state index in [4.69, 9.17) is 21.4 Å². The summed E-state index contributed by atoms with van der Waals surface area (Å²) in [6.45, 7) is -0.444. The number of nitro groups is 1. The monoisotopic (exact) mass is 362 g/mol. The van der Waals surface area contributed by atoms with Crippen LogP contribution < -0.4 is 10.1 Å². The van der Waals surface area contributed by atoms with Gasteiger partial charge < -0.3 is 15.2 Å². The fraction of sp³-hybridized carbons (Fsp3) is 0.385. The Bertz CT molecular complexity index is 598. The highest BCUT2D eigenvalue weighted by molar-refractivity contribution is 7.98. The van der Waals surface area contributed by atoms with Crippen LogP contribution in [0.25, 0.3) is 0 Å². The average Bonchev–Trinajstić information content (AvgIpc) is 2.49. The molecule has 0 aliphatic carbocycles. The molecular weight excluding hydrogens is 348 g/mol. The Morgan fingerprint density at radius 3 is 2.74 bits per heavy atom. The van der Waals surface area contributed by atoms with Gasteiger partial charge in [0.25, 0.3) is 11.6 Å². The quantitative estimate of drug-likeness (QED) is 0.509. The minimum Gasteiger partial charge on any atom is -0.482 e. The molecule has 0 saturated heterocycles. The van der Waals surface area contributed by atoms with Crippen LogP contribution in [0.2, 0.25) is 5.02 Å². The summed E-state index contributed by atoms with van der Waals surface area (Å²) in [5.74, 6) is -1.05. The van der Waals surface area contributed by atoms with Gasteiger partial charge in [-0.05, 0) is 24.5 Å². The molecule has 0 fully saturated rings. The second-order valence-electron chi connectivity index (χ2n) is 4.40. The van der Waals surface area contributed by atoms with Gasteiger partial charge in [-0.15, -0.1) is 0 Å². The molecule has 0 saturated carbocycles. The number of nitrogens with one attached hydrogen (secondary N) is 1. The molecular formula is C13H15ClN2O6S. The van der Waals surface area contributed by atoms with E-state index >= 15 is 0 Å². The van der Waals surface area contributed by atoms with Crippen molar-refractivity contribution in [1.29, 1.82) is 0 Å². The van der Waals surface area contributed by atoms with E-state index in [9.17, 15) is 19.7 Å². The maximum Gasteiger partial charge on any atom is 0.326 e. The van der Waals surface area contributed by atoms with E-state index in [1.807, 2.05) is 6.26 Å². The van der Waals surface area contributed by atoms with Gasteiger partial charge >= 0.3 is 5.97 Å². The van der Waals surface area contributed by atoms with Gasteiger partial charge in [-0.1, -0.05) is 11.6 Å². The Balaban J connectivity index is 2.58. The molecule has 0 radical (unpaired) electrons. The minimum absolute atomic E-state index is 0.0100. The van der Waals surface area contributed by atoms with Crippen molar-refractivity contribution in [3.05, 3.63) is 33.3 Å². The number of nitrogens with zero attached hydrogens (tertiary/aromatic N) is 1. The first-order valence-electron chi connectivity index (χ1n) is 6.43. The smallest absolute Gasteiger partial charge is 0.326 e. The van der Waals surface area contributed by atoms with Gasteiger partial charge in [-0.25, -0.2) is 4.79 Å². The molecule has 0 aliphatic rings. The zero-order valence-corrected chi connectivity index (χ0v) is 13.7. The zero-order valence-electron chi connectivity index (χ0n) is 12.2. The Kier molecular flexibility index (Phi) is 7.63. The molecule has 1 aromatic carbocycles. The highest BCUT2D eigenvalue weighted by Gasteiger charge is 2.20. The molecule has 23 heavy (non-hydrogen) atoms. The topological polar surface area (TPSA) is 119 Å². The first-order valence-corrected chi connectivity index (χ1v) is 8.20. The average molecular weight is 363 g/mol. The van der Waals surface area contributed by atoms with E-state index in [1.165, 1.54) is 23.9 Å². The number of halogens is 1. The maximum absolute atomic E-state index is 11.7. The molecule has 0 heterocycles. The molecule has 1 amide bonds. The molecule has 0 bridgehead atoms. The van der Waals surface area contributed by atoms with E-state index in [2.05, 4.69) is 5.32 Å². The standard InChI is InChI=1S/C13H15ClN2O6S/c1-23-5-4-10(13(18)19)15-12(17)7-22-11-3-2-8(16(20)21)6-9(11)14/h2-3,6,10H,4-5,7H2,1H3,(H,15,17)(H,18,19). The second kappa shape index (κ2) is 9.21. The molecule has 1 aromatic rings. The molecule has 1 unspecified atom stereocenters. The third-order valence-corrected chi connectivity index (χ3v) is 3.67. The summed E-state index contributed by atoms with van der Waals surface area (Å²) in [6, 6.07) is 2.58. The minimum atomic E-state index is -1.12. The van der Waals surface area contributed by atoms with Crippen molar-refractivity contribution in [2.24, 2.45) is 0 Å². The lowest BCUT2D eigenvalue weighted by atomic mass is 10.2. The van der Waals surface area contributed by atoms with Crippen LogP contribution >= 0.6 is 23.4 Å². The number of benzene rings is 1. The first-order chi connectivity index (χ1) is 10.8. The van der Waals surface area contributed by atoms with Crippen molar-refractivity contribution in [3.8, 4) is 5.75 Å². The van der Waals surface area contributed by atoms with Crippen LogP contribution in [0.4, 0.5) is 5.69 Å². The highest BCUT2D eigenvalue weighted by atomic mass is 35.5. The maximum atomic E-state index is 11.7. The number of ether oxygens (including phenoxy) is 1. The molecule has 10 heteroatoms. The number of non-ortho nitro benzene ring substituents is 1. The number of amides is 1. The number of thioether (sulfide) groups is 1. The number of hydrogen-bond acceptors (Lipinski definition) is 6. The van der Waals surface area contributed by atoms with Crippen molar-refractivity contribution in [1.82, 2.24) is 5.32 Å². The molecule has 0 aromatic heterocycles. The highest BCUT2D eigenvalue weighted by Crippen LogP contribution is 2.28. The van der Waals surface area contributed by atoms with Crippen molar-refractivity contribution in [2.45, 2.75) is 12.5 Å². The molecule has 8 nitrogen and oxygen atoms in total. The summed E-state index contributed by atoms with van der Waals surface area (Å²) >= 11 is 7.30. The van der Waals surface area contributed by atoms with E-state index in [1.54, 1.807) is 0 Å². The largest absolute Gasteiger partial charge is 0.482 e. The lowest BCUT2D eigenvalue weighted by Gasteiger charge is -2.14. The van der Waals surface area contributed by atoms with Crippen LogP contribution in [0, 0.1) is 10.1 Å². The van der Waals surface area contributed by atoms with Crippen LogP contribution in [0.15, 0.2) is 18.2 Å². The predicted molar refractivity (Wildman–Crippen MR) is 86.2 cm³/mol. The Morgan fingerprint density at radius 2 is 2.22 bits per heavy atom. The third-order valence-electron chi connectivity index (χ3n) is 2.73. The van der Waals surface area contributed by atoms with Crippen molar-refractivity contribution in [3.63, 3.8) is 0 Å². The third kappa shape index (κ3) is 6.33. The summed E-state index contributed by atoms with van der Waals surface area (Å²) in [4.78, 5) is 32.7. The van der Waals surface area contributed by atoms with E-state index in [-0.39, 0.29) is 16.5 Å². The van der Waals surface area contributed by atoms with E-state index in [0.29, 0.717) is 12.2 Å². The normalized spacial score (nSPS) is 11.6. The Labute approximate surface area is 141 Å². The number of carbonyl (C=O) groups excluding carboxylic acids is 1. The first kappa shape index (κ1) is 19.0. The number of carboxylic acid groups (broad SMARTS) is 1. The summed E-state index contributed by atoms with van der Waals surface area (Å²) in [7, 11) is 0. The van der Waals surface area contributed by atoms with Gasteiger partial charge in [0.2, 0.25) is 0 Å². The van der Waals surface area contributed by atoms with Gasteiger partial charge in [-0.3, -0.25) is 14.9 Å².